The lowest BCUT2D eigenvalue weighted by molar-refractivity contribution is 0.254. The summed E-state index contributed by atoms with van der Waals surface area (Å²) in [5.74, 6) is 2.03. The molecule has 21 heavy (non-hydrogen) atoms. The van der Waals surface area contributed by atoms with Gasteiger partial charge in [-0.05, 0) is 29.8 Å². The Kier molecular flexibility index (Phi) is 2.81. The molecule has 1 N–H and O–H groups in total. The molecule has 0 fully saturated rings. The summed E-state index contributed by atoms with van der Waals surface area (Å²) < 4.78 is 11.1. The fraction of sp³-hybridized carbons (Fsp3) is 0.235. The number of para-hydroxylation sites is 1. The summed E-state index contributed by atoms with van der Waals surface area (Å²) >= 11 is 0. The van der Waals surface area contributed by atoms with E-state index < -0.39 is 0 Å². The van der Waals surface area contributed by atoms with Gasteiger partial charge >= 0.3 is 0 Å². The molecule has 106 valence electrons. The standard InChI is InChI=1S/C17H16N2O2/c1-20-12-8-6-11(7-9-12)16-14-10-21-15-5-3-2-4-13(15)17(14)19-18-16/h2-9,14,16,18H,10H2,1H3/t14-,16+/m0/s1. The molecule has 0 radical (unpaired) electrons. The number of methoxy groups -OCH3 is 1. The van der Waals surface area contributed by atoms with Crippen molar-refractivity contribution in [3.8, 4) is 11.5 Å². The predicted octanol–water partition coefficient (Wildman–Crippen LogP) is 2.75. The first-order valence-corrected chi connectivity index (χ1v) is 7.06. The maximum atomic E-state index is 5.89. The van der Waals surface area contributed by atoms with Crippen LogP contribution < -0.4 is 14.9 Å². The van der Waals surface area contributed by atoms with E-state index in [9.17, 15) is 0 Å². The smallest absolute Gasteiger partial charge is 0.128 e. The molecule has 2 aromatic carbocycles. The van der Waals surface area contributed by atoms with Gasteiger partial charge in [0.25, 0.3) is 0 Å². The van der Waals surface area contributed by atoms with Gasteiger partial charge in [0.1, 0.15) is 11.5 Å². The first-order valence-electron chi connectivity index (χ1n) is 7.06. The summed E-state index contributed by atoms with van der Waals surface area (Å²) in [7, 11) is 1.68. The van der Waals surface area contributed by atoms with Gasteiger partial charge in [0, 0.05) is 5.56 Å². The van der Waals surface area contributed by atoms with Crippen LogP contribution in [0, 0.1) is 5.92 Å². The second kappa shape index (κ2) is 4.81. The van der Waals surface area contributed by atoms with Crippen LogP contribution in [0.1, 0.15) is 17.2 Å². The molecule has 0 bridgehead atoms. The van der Waals surface area contributed by atoms with Gasteiger partial charge in [-0.2, -0.15) is 5.10 Å². The molecule has 2 heterocycles. The minimum Gasteiger partial charge on any atom is -0.497 e. The van der Waals surface area contributed by atoms with E-state index in [-0.39, 0.29) is 12.0 Å². The third-order valence-corrected chi connectivity index (χ3v) is 4.13. The quantitative estimate of drug-likeness (QED) is 0.920. The van der Waals surface area contributed by atoms with E-state index in [0.29, 0.717) is 6.61 Å². The summed E-state index contributed by atoms with van der Waals surface area (Å²) in [5, 5.41) is 4.55. The highest BCUT2D eigenvalue weighted by atomic mass is 16.5. The summed E-state index contributed by atoms with van der Waals surface area (Å²) in [6, 6.07) is 16.3. The van der Waals surface area contributed by atoms with E-state index in [1.807, 2.05) is 30.3 Å². The normalized spacial score (nSPS) is 22.4. The van der Waals surface area contributed by atoms with Gasteiger partial charge in [0.15, 0.2) is 0 Å². The Morgan fingerprint density at radius 2 is 1.95 bits per heavy atom. The van der Waals surface area contributed by atoms with Gasteiger partial charge < -0.3 is 14.9 Å². The van der Waals surface area contributed by atoms with Crippen molar-refractivity contribution in [3.05, 3.63) is 59.7 Å². The van der Waals surface area contributed by atoms with Crippen molar-refractivity contribution in [1.29, 1.82) is 0 Å². The SMILES string of the molecule is COc1ccc([C@H]2NN=C3c4ccccc4OC[C@H]32)cc1. The zero-order valence-corrected chi connectivity index (χ0v) is 11.7. The number of nitrogens with one attached hydrogen (secondary N) is 1. The second-order valence-corrected chi connectivity index (χ2v) is 5.29. The van der Waals surface area contributed by atoms with E-state index in [0.717, 1.165) is 22.8 Å². The number of ether oxygens (including phenoxy) is 2. The predicted molar refractivity (Wildman–Crippen MR) is 80.8 cm³/mol. The fourth-order valence-corrected chi connectivity index (χ4v) is 3.01. The van der Waals surface area contributed by atoms with Crippen molar-refractivity contribution < 1.29 is 9.47 Å². The summed E-state index contributed by atoms with van der Waals surface area (Å²) in [6.45, 7) is 0.652. The number of rotatable bonds is 2. The first kappa shape index (κ1) is 12.3. The maximum absolute atomic E-state index is 5.89. The Hall–Kier alpha value is -2.49. The van der Waals surface area contributed by atoms with Crippen LogP contribution in [0.2, 0.25) is 0 Å². The minimum absolute atomic E-state index is 0.152. The van der Waals surface area contributed by atoms with Crippen molar-refractivity contribution in [2.45, 2.75) is 6.04 Å². The molecule has 4 rings (SSSR count). The van der Waals surface area contributed by atoms with Gasteiger partial charge in [-0.25, -0.2) is 0 Å². The van der Waals surface area contributed by atoms with Gasteiger partial charge in [-0.3, -0.25) is 0 Å². The fourth-order valence-electron chi connectivity index (χ4n) is 3.01. The van der Waals surface area contributed by atoms with Crippen molar-refractivity contribution in [2.75, 3.05) is 13.7 Å². The van der Waals surface area contributed by atoms with E-state index in [2.05, 4.69) is 28.7 Å². The number of nitrogens with zero attached hydrogens (tertiary/aromatic N) is 1. The lowest BCUT2D eigenvalue weighted by Gasteiger charge is -2.26. The maximum Gasteiger partial charge on any atom is 0.128 e. The monoisotopic (exact) mass is 280 g/mol. The van der Waals surface area contributed by atoms with Crippen LogP contribution in [-0.4, -0.2) is 19.4 Å². The van der Waals surface area contributed by atoms with Gasteiger partial charge in [0.2, 0.25) is 0 Å². The molecule has 0 aromatic heterocycles. The molecular formula is C17H16N2O2. The number of fused-ring (bicyclic) bond motifs is 3. The van der Waals surface area contributed by atoms with E-state index in [4.69, 9.17) is 9.47 Å². The van der Waals surface area contributed by atoms with Gasteiger partial charge in [-0.1, -0.05) is 24.3 Å². The van der Waals surface area contributed by atoms with Crippen LogP contribution in [0.4, 0.5) is 0 Å². The first-order chi connectivity index (χ1) is 10.4. The zero-order valence-electron chi connectivity index (χ0n) is 11.7. The van der Waals surface area contributed by atoms with Crippen LogP contribution >= 0.6 is 0 Å². The Morgan fingerprint density at radius 3 is 2.76 bits per heavy atom. The van der Waals surface area contributed by atoms with E-state index in [1.165, 1.54) is 5.56 Å². The Morgan fingerprint density at radius 1 is 1.14 bits per heavy atom. The molecule has 2 aliphatic heterocycles. The average molecular weight is 280 g/mol. The van der Waals surface area contributed by atoms with Crippen molar-refractivity contribution in [2.24, 2.45) is 11.0 Å². The molecule has 0 aliphatic carbocycles. The molecule has 2 atom stereocenters. The largest absolute Gasteiger partial charge is 0.497 e. The molecule has 0 unspecified atom stereocenters. The average Bonchev–Trinajstić information content (AvgIpc) is 2.99. The van der Waals surface area contributed by atoms with Gasteiger partial charge in [-0.15, -0.1) is 0 Å². The van der Waals surface area contributed by atoms with Crippen LogP contribution in [0.5, 0.6) is 11.5 Å². The molecule has 0 saturated heterocycles. The zero-order chi connectivity index (χ0) is 14.2. The van der Waals surface area contributed by atoms with Crippen molar-refractivity contribution in [3.63, 3.8) is 0 Å². The minimum atomic E-state index is 0.152. The number of hydrazone groups is 1. The van der Waals surface area contributed by atoms with Crippen LogP contribution in [-0.2, 0) is 0 Å². The van der Waals surface area contributed by atoms with Crippen LogP contribution in [0.25, 0.3) is 0 Å². The Bertz CT molecular complexity index is 694. The topological polar surface area (TPSA) is 42.8 Å². The third kappa shape index (κ3) is 1.95. The summed E-state index contributed by atoms with van der Waals surface area (Å²) in [4.78, 5) is 0. The Labute approximate surface area is 123 Å². The molecule has 0 saturated carbocycles. The molecule has 4 nitrogen and oxygen atoms in total. The number of hydrogen-bond acceptors (Lipinski definition) is 4. The molecular weight excluding hydrogens is 264 g/mol. The summed E-state index contributed by atoms with van der Waals surface area (Å²) in [6.07, 6.45) is 0. The van der Waals surface area contributed by atoms with E-state index >= 15 is 0 Å². The number of hydrogen-bond donors (Lipinski definition) is 1. The highest BCUT2D eigenvalue weighted by Gasteiger charge is 2.38. The molecule has 2 aliphatic rings. The Balaban J connectivity index is 1.65. The summed E-state index contributed by atoms with van der Waals surface area (Å²) in [5.41, 5.74) is 6.65. The van der Waals surface area contributed by atoms with Crippen LogP contribution in [0.3, 0.4) is 0 Å². The molecule has 0 amide bonds. The van der Waals surface area contributed by atoms with Crippen LogP contribution in [0.15, 0.2) is 53.6 Å². The molecule has 0 spiro atoms. The lowest BCUT2D eigenvalue weighted by Crippen LogP contribution is -2.31. The van der Waals surface area contributed by atoms with E-state index in [1.54, 1.807) is 7.11 Å². The molecule has 2 aromatic rings. The lowest BCUT2D eigenvalue weighted by atomic mass is 9.86. The van der Waals surface area contributed by atoms with Crippen molar-refractivity contribution in [1.82, 2.24) is 5.43 Å². The number of benzene rings is 2. The second-order valence-electron chi connectivity index (χ2n) is 5.29. The third-order valence-electron chi connectivity index (χ3n) is 4.13. The highest BCUT2D eigenvalue weighted by Crippen LogP contribution is 2.37. The highest BCUT2D eigenvalue weighted by molar-refractivity contribution is 6.06. The van der Waals surface area contributed by atoms with Crippen molar-refractivity contribution >= 4 is 5.71 Å². The van der Waals surface area contributed by atoms with Gasteiger partial charge in [0.05, 0.1) is 31.4 Å². The molecule has 4 heteroatoms.